The maximum atomic E-state index is 10.6. The molecule has 0 radical (unpaired) electrons. The van der Waals surface area contributed by atoms with Crippen LogP contribution in [-0.4, -0.2) is 11.1 Å². The van der Waals surface area contributed by atoms with E-state index in [0.29, 0.717) is 6.61 Å². The van der Waals surface area contributed by atoms with E-state index in [9.17, 15) is 4.79 Å². The zero-order chi connectivity index (χ0) is 15.2. The highest BCUT2D eigenvalue weighted by Crippen LogP contribution is 2.22. The van der Waals surface area contributed by atoms with E-state index in [1.807, 2.05) is 56.3 Å². The number of carboxylic acids is 1. The molecule has 108 valence electrons. The molecule has 0 fully saturated rings. The van der Waals surface area contributed by atoms with Gasteiger partial charge in [-0.15, -0.1) is 0 Å². The summed E-state index contributed by atoms with van der Waals surface area (Å²) >= 11 is 0. The first-order valence-electron chi connectivity index (χ1n) is 6.76. The summed E-state index contributed by atoms with van der Waals surface area (Å²) < 4.78 is 5.87. The molecule has 0 amide bonds. The maximum absolute atomic E-state index is 10.6. The third kappa shape index (κ3) is 3.96. The highest BCUT2D eigenvalue weighted by atomic mass is 16.5. The molecule has 0 aliphatic rings. The number of rotatable bonds is 5. The molecule has 0 saturated heterocycles. The van der Waals surface area contributed by atoms with Crippen LogP contribution in [0.25, 0.3) is 6.08 Å². The third-order valence-corrected chi connectivity index (χ3v) is 3.40. The van der Waals surface area contributed by atoms with Gasteiger partial charge in [-0.25, -0.2) is 4.79 Å². The van der Waals surface area contributed by atoms with Crippen molar-refractivity contribution in [3.63, 3.8) is 0 Å². The first-order valence-corrected chi connectivity index (χ1v) is 6.76. The smallest absolute Gasteiger partial charge is 0.328 e. The van der Waals surface area contributed by atoms with Crippen LogP contribution in [0, 0.1) is 13.8 Å². The molecule has 0 aliphatic carbocycles. The lowest BCUT2D eigenvalue weighted by Gasteiger charge is -2.12. The molecule has 0 aromatic heterocycles. The Hall–Kier alpha value is -2.55. The van der Waals surface area contributed by atoms with Crippen molar-refractivity contribution < 1.29 is 14.6 Å². The van der Waals surface area contributed by atoms with E-state index in [1.54, 1.807) is 6.08 Å². The lowest BCUT2D eigenvalue weighted by molar-refractivity contribution is -0.131. The second kappa shape index (κ2) is 6.75. The minimum Gasteiger partial charge on any atom is -0.489 e. The Morgan fingerprint density at radius 2 is 1.90 bits per heavy atom. The predicted octanol–water partition coefficient (Wildman–Crippen LogP) is 3.98. The normalized spacial score (nSPS) is 10.8. The number of hydrogen-bond acceptors (Lipinski definition) is 2. The quantitative estimate of drug-likeness (QED) is 0.844. The van der Waals surface area contributed by atoms with E-state index in [-0.39, 0.29) is 0 Å². The van der Waals surface area contributed by atoms with Crippen molar-refractivity contribution in [3.8, 4) is 5.75 Å². The highest BCUT2D eigenvalue weighted by Gasteiger charge is 2.04. The zero-order valence-corrected chi connectivity index (χ0v) is 12.2. The summed E-state index contributed by atoms with van der Waals surface area (Å²) in [6.45, 7) is 4.48. The highest BCUT2D eigenvalue weighted by molar-refractivity contribution is 5.85. The van der Waals surface area contributed by atoms with Gasteiger partial charge in [0.25, 0.3) is 0 Å². The number of carboxylic acid groups (broad SMARTS) is 1. The fourth-order valence-corrected chi connectivity index (χ4v) is 2.03. The number of ether oxygens (including phenoxy) is 1. The van der Waals surface area contributed by atoms with Gasteiger partial charge in [0.15, 0.2) is 0 Å². The van der Waals surface area contributed by atoms with E-state index >= 15 is 0 Å². The molecule has 3 heteroatoms. The summed E-state index contributed by atoms with van der Waals surface area (Å²) in [5.41, 5.74) is 4.11. The largest absolute Gasteiger partial charge is 0.489 e. The summed E-state index contributed by atoms with van der Waals surface area (Å²) in [4.78, 5) is 10.6. The summed E-state index contributed by atoms with van der Waals surface area (Å²) in [6, 6.07) is 13.6. The van der Waals surface area contributed by atoms with Gasteiger partial charge in [-0.05, 0) is 48.2 Å². The van der Waals surface area contributed by atoms with Crippen molar-refractivity contribution in [2.24, 2.45) is 0 Å². The molecule has 0 aliphatic heterocycles. The Kier molecular flexibility index (Phi) is 4.77. The summed E-state index contributed by atoms with van der Waals surface area (Å²) in [5.74, 6) is -0.104. The molecule has 2 aromatic rings. The molecule has 2 rings (SSSR count). The first kappa shape index (κ1) is 14.9. The minimum atomic E-state index is -0.958. The molecule has 0 unspecified atom stereocenters. The average Bonchev–Trinajstić information content (AvgIpc) is 2.47. The van der Waals surface area contributed by atoms with Crippen molar-refractivity contribution in [3.05, 3.63) is 70.8 Å². The van der Waals surface area contributed by atoms with Crippen molar-refractivity contribution in [2.75, 3.05) is 0 Å². The Morgan fingerprint density at radius 3 is 2.67 bits per heavy atom. The van der Waals surface area contributed by atoms with Gasteiger partial charge in [0.05, 0.1) is 0 Å². The SMILES string of the molecule is Cc1cccc(OCc2ccccc2C=CC(=O)O)c1C. The number of hydrogen-bond donors (Lipinski definition) is 1. The van der Waals surface area contributed by atoms with E-state index in [1.165, 1.54) is 5.56 Å². The molecular weight excluding hydrogens is 264 g/mol. The van der Waals surface area contributed by atoms with Gasteiger partial charge in [-0.2, -0.15) is 0 Å². The van der Waals surface area contributed by atoms with Gasteiger partial charge >= 0.3 is 5.97 Å². The van der Waals surface area contributed by atoms with Crippen molar-refractivity contribution in [2.45, 2.75) is 20.5 Å². The molecule has 0 heterocycles. The van der Waals surface area contributed by atoms with Crippen LogP contribution in [0.5, 0.6) is 5.75 Å². The summed E-state index contributed by atoms with van der Waals surface area (Å²) in [5, 5.41) is 8.72. The Morgan fingerprint density at radius 1 is 1.14 bits per heavy atom. The standard InChI is InChI=1S/C18H18O3/c1-13-6-5-9-17(14(13)2)21-12-16-8-4-3-7-15(16)10-11-18(19)20/h3-11H,12H2,1-2H3,(H,19,20). The van der Waals surface area contributed by atoms with Gasteiger partial charge in [0.1, 0.15) is 12.4 Å². The van der Waals surface area contributed by atoms with Crippen LogP contribution in [0.3, 0.4) is 0 Å². The number of aliphatic carboxylic acids is 1. The van der Waals surface area contributed by atoms with Crippen LogP contribution >= 0.6 is 0 Å². The fraction of sp³-hybridized carbons (Fsp3) is 0.167. The zero-order valence-electron chi connectivity index (χ0n) is 12.2. The van der Waals surface area contributed by atoms with Gasteiger partial charge in [0.2, 0.25) is 0 Å². The second-order valence-corrected chi connectivity index (χ2v) is 4.86. The van der Waals surface area contributed by atoms with E-state index in [4.69, 9.17) is 9.84 Å². The summed E-state index contributed by atoms with van der Waals surface area (Å²) in [7, 11) is 0. The Labute approximate surface area is 124 Å². The van der Waals surface area contributed by atoms with Crippen molar-refractivity contribution in [1.82, 2.24) is 0 Å². The number of carbonyl (C=O) groups is 1. The lowest BCUT2D eigenvalue weighted by atomic mass is 10.1. The molecule has 0 saturated carbocycles. The second-order valence-electron chi connectivity index (χ2n) is 4.86. The van der Waals surface area contributed by atoms with Gasteiger partial charge < -0.3 is 9.84 Å². The Bertz CT molecular complexity index is 672. The molecule has 0 bridgehead atoms. The first-order chi connectivity index (χ1) is 10.1. The van der Waals surface area contributed by atoms with Crippen LogP contribution in [0.1, 0.15) is 22.3 Å². The fourth-order valence-electron chi connectivity index (χ4n) is 2.03. The van der Waals surface area contributed by atoms with Crippen LogP contribution < -0.4 is 4.74 Å². The monoisotopic (exact) mass is 282 g/mol. The van der Waals surface area contributed by atoms with Crippen LogP contribution in [0.2, 0.25) is 0 Å². The van der Waals surface area contributed by atoms with Gasteiger partial charge in [-0.1, -0.05) is 36.4 Å². The predicted molar refractivity (Wildman–Crippen MR) is 83.4 cm³/mol. The maximum Gasteiger partial charge on any atom is 0.328 e. The van der Waals surface area contributed by atoms with Crippen LogP contribution in [0.4, 0.5) is 0 Å². The topological polar surface area (TPSA) is 46.5 Å². The van der Waals surface area contributed by atoms with Gasteiger partial charge in [-0.3, -0.25) is 0 Å². The number of aryl methyl sites for hydroxylation is 1. The summed E-state index contributed by atoms with van der Waals surface area (Å²) in [6.07, 6.45) is 2.72. The average molecular weight is 282 g/mol. The van der Waals surface area contributed by atoms with E-state index in [2.05, 4.69) is 0 Å². The van der Waals surface area contributed by atoms with Crippen LogP contribution in [-0.2, 0) is 11.4 Å². The van der Waals surface area contributed by atoms with Gasteiger partial charge in [0, 0.05) is 6.08 Å². The van der Waals surface area contributed by atoms with Crippen molar-refractivity contribution in [1.29, 1.82) is 0 Å². The van der Waals surface area contributed by atoms with Crippen LogP contribution in [0.15, 0.2) is 48.5 Å². The van der Waals surface area contributed by atoms with E-state index in [0.717, 1.165) is 28.5 Å². The molecule has 21 heavy (non-hydrogen) atoms. The molecule has 1 N–H and O–H groups in total. The minimum absolute atomic E-state index is 0.407. The molecule has 3 nitrogen and oxygen atoms in total. The molecule has 0 atom stereocenters. The molecule has 2 aromatic carbocycles. The molecule has 0 spiro atoms. The van der Waals surface area contributed by atoms with Crippen molar-refractivity contribution >= 4 is 12.0 Å². The third-order valence-electron chi connectivity index (χ3n) is 3.40. The lowest BCUT2D eigenvalue weighted by Crippen LogP contribution is -2.00. The number of benzene rings is 2. The Balaban J connectivity index is 2.17. The molecular formula is C18H18O3. The van der Waals surface area contributed by atoms with E-state index < -0.39 is 5.97 Å².